The average Bonchev–Trinajstić information content (AvgIpc) is 3.44. The van der Waals surface area contributed by atoms with Crippen molar-refractivity contribution in [3.05, 3.63) is 84.1 Å². The zero-order valence-corrected chi connectivity index (χ0v) is 17.8. The van der Waals surface area contributed by atoms with Gasteiger partial charge in [0.05, 0.1) is 5.69 Å². The van der Waals surface area contributed by atoms with E-state index in [2.05, 4.69) is 15.1 Å². The Morgan fingerprint density at radius 1 is 1.03 bits per heavy atom. The molecular weight excluding hydrogens is 418 g/mol. The molecule has 0 bridgehead atoms. The molecule has 0 fully saturated rings. The van der Waals surface area contributed by atoms with Crippen molar-refractivity contribution in [3.8, 4) is 22.8 Å². The number of fused-ring (bicyclic) bond motifs is 2. The van der Waals surface area contributed by atoms with Gasteiger partial charge in [-0.2, -0.15) is 10.2 Å². The number of rotatable bonds is 3. The Labute approximate surface area is 188 Å². The number of carbonyl (C=O) groups excluding carboxylic acids is 1. The fraction of sp³-hybridized carbons (Fsp3) is 0.125. The van der Waals surface area contributed by atoms with Gasteiger partial charge in [0.2, 0.25) is 0 Å². The molecule has 1 aromatic carbocycles. The Balaban J connectivity index is 1.54. The predicted octanol–water partition coefficient (Wildman–Crippen LogP) is 3.19. The van der Waals surface area contributed by atoms with Crippen molar-refractivity contribution in [1.29, 1.82) is 0 Å². The smallest absolute Gasteiger partial charge is 0.279 e. The number of aryl methyl sites for hydroxylation is 1. The van der Waals surface area contributed by atoms with E-state index in [9.17, 15) is 9.90 Å². The second kappa shape index (κ2) is 7.27. The van der Waals surface area contributed by atoms with Gasteiger partial charge in [-0.1, -0.05) is 6.07 Å². The number of nitrogens with zero attached hydrogens (tertiary/aromatic N) is 7. The molecule has 5 heterocycles. The second-order valence-electron chi connectivity index (χ2n) is 7.93. The highest BCUT2D eigenvalue weighted by Gasteiger charge is 2.33. The van der Waals surface area contributed by atoms with Gasteiger partial charge >= 0.3 is 0 Å². The molecule has 1 amide bonds. The number of amides is 1. The van der Waals surface area contributed by atoms with Crippen LogP contribution in [0.2, 0.25) is 0 Å². The molecule has 0 unspecified atom stereocenters. The molecule has 1 N–H and O–H groups in total. The highest BCUT2D eigenvalue weighted by atomic mass is 16.3. The molecule has 9 nitrogen and oxygen atoms in total. The third-order valence-corrected chi connectivity index (χ3v) is 5.82. The van der Waals surface area contributed by atoms with Crippen LogP contribution in [0.5, 0.6) is 5.75 Å². The lowest BCUT2D eigenvalue weighted by Gasteiger charge is -2.26. The number of carbonyl (C=O) groups is 1. The van der Waals surface area contributed by atoms with E-state index < -0.39 is 0 Å². The first-order chi connectivity index (χ1) is 16.1. The molecule has 162 valence electrons. The van der Waals surface area contributed by atoms with Crippen LogP contribution >= 0.6 is 0 Å². The van der Waals surface area contributed by atoms with Gasteiger partial charge in [-0.25, -0.2) is 19.2 Å². The summed E-state index contributed by atoms with van der Waals surface area (Å²) in [4.78, 5) is 24.1. The van der Waals surface area contributed by atoms with Crippen LogP contribution in [0.25, 0.3) is 22.7 Å². The maximum atomic E-state index is 13.5. The number of benzene rings is 1. The summed E-state index contributed by atoms with van der Waals surface area (Å²) >= 11 is 0. The number of hydrogen-bond acceptors (Lipinski definition) is 6. The summed E-state index contributed by atoms with van der Waals surface area (Å²) in [5.74, 6) is 0.614. The van der Waals surface area contributed by atoms with E-state index in [0.717, 1.165) is 33.8 Å². The van der Waals surface area contributed by atoms with Crippen LogP contribution in [0.15, 0.2) is 67.1 Å². The van der Waals surface area contributed by atoms with E-state index in [0.29, 0.717) is 24.5 Å². The standard InChI is InChI=1S/C24H19N7O2/c1-15-3-2-4-21(27-15)31-23(16-5-10-20-25-14-26-30(20)13-16)19-11-12-29(24(33)22(19)28-31)17-6-8-18(32)9-7-17/h2-10,13-14,32H,11-12H2,1H3. The zero-order chi connectivity index (χ0) is 22.5. The number of anilines is 1. The largest absolute Gasteiger partial charge is 0.508 e. The highest BCUT2D eigenvalue weighted by Crippen LogP contribution is 2.34. The van der Waals surface area contributed by atoms with Gasteiger partial charge in [0, 0.05) is 35.2 Å². The minimum atomic E-state index is -0.184. The number of phenolic OH excluding ortho intramolecular Hbond substituents is 1. The van der Waals surface area contributed by atoms with Gasteiger partial charge in [-0.05, 0) is 61.9 Å². The number of aromatic nitrogens is 6. The molecule has 0 aliphatic carbocycles. The fourth-order valence-corrected chi connectivity index (χ4v) is 4.26. The number of aromatic hydroxyl groups is 1. The minimum absolute atomic E-state index is 0.157. The van der Waals surface area contributed by atoms with Gasteiger partial charge in [0.1, 0.15) is 12.1 Å². The Bertz CT molecular complexity index is 1520. The van der Waals surface area contributed by atoms with Crippen LogP contribution in [0.1, 0.15) is 21.7 Å². The number of pyridine rings is 2. The van der Waals surface area contributed by atoms with Crippen molar-refractivity contribution in [2.75, 3.05) is 11.4 Å². The molecule has 33 heavy (non-hydrogen) atoms. The molecule has 0 atom stereocenters. The zero-order valence-electron chi connectivity index (χ0n) is 17.8. The van der Waals surface area contributed by atoms with E-state index in [1.165, 1.54) is 6.33 Å². The van der Waals surface area contributed by atoms with Crippen molar-refractivity contribution in [3.63, 3.8) is 0 Å². The van der Waals surface area contributed by atoms with Crippen LogP contribution in [0.3, 0.4) is 0 Å². The minimum Gasteiger partial charge on any atom is -0.508 e. The molecule has 9 heteroatoms. The molecule has 0 saturated carbocycles. The molecule has 4 aromatic heterocycles. The third kappa shape index (κ3) is 3.13. The molecular formula is C24H19N7O2. The van der Waals surface area contributed by atoms with Gasteiger partial charge < -0.3 is 10.0 Å². The Kier molecular flexibility index (Phi) is 4.22. The normalized spacial score (nSPS) is 13.5. The molecule has 6 rings (SSSR count). The molecule has 0 saturated heterocycles. The summed E-state index contributed by atoms with van der Waals surface area (Å²) in [7, 11) is 0. The first-order valence-corrected chi connectivity index (χ1v) is 10.5. The molecule has 0 radical (unpaired) electrons. The predicted molar refractivity (Wildman–Crippen MR) is 122 cm³/mol. The quantitative estimate of drug-likeness (QED) is 0.465. The van der Waals surface area contributed by atoms with Crippen molar-refractivity contribution >= 4 is 17.2 Å². The number of phenols is 1. The van der Waals surface area contributed by atoms with Crippen LogP contribution < -0.4 is 4.90 Å². The van der Waals surface area contributed by atoms with E-state index >= 15 is 0 Å². The molecule has 1 aliphatic rings. The van der Waals surface area contributed by atoms with E-state index in [1.807, 2.05) is 43.5 Å². The summed E-state index contributed by atoms with van der Waals surface area (Å²) in [6.07, 6.45) is 4.02. The Morgan fingerprint density at radius 2 is 1.88 bits per heavy atom. The lowest BCUT2D eigenvalue weighted by molar-refractivity contribution is 0.0975. The molecule has 5 aromatic rings. The van der Waals surface area contributed by atoms with E-state index in [-0.39, 0.29) is 11.7 Å². The summed E-state index contributed by atoms with van der Waals surface area (Å²) in [5, 5.41) is 18.6. The van der Waals surface area contributed by atoms with Crippen LogP contribution in [0.4, 0.5) is 5.69 Å². The summed E-state index contributed by atoms with van der Waals surface area (Å²) in [5.41, 5.74) is 5.27. The Hall–Kier alpha value is -4.53. The van der Waals surface area contributed by atoms with Crippen molar-refractivity contribution < 1.29 is 9.90 Å². The average molecular weight is 437 g/mol. The Morgan fingerprint density at radius 3 is 2.70 bits per heavy atom. The van der Waals surface area contributed by atoms with Crippen molar-refractivity contribution in [1.82, 2.24) is 29.4 Å². The lowest BCUT2D eigenvalue weighted by atomic mass is 9.99. The topological polar surface area (TPSA) is 101 Å². The van der Waals surface area contributed by atoms with Crippen LogP contribution in [0, 0.1) is 6.92 Å². The van der Waals surface area contributed by atoms with Crippen molar-refractivity contribution in [2.24, 2.45) is 0 Å². The summed E-state index contributed by atoms with van der Waals surface area (Å²) in [6, 6.07) is 16.2. The SMILES string of the molecule is Cc1cccc(-n2nc3c(c2-c2ccc4ncnn4c2)CCN(c2ccc(O)cc2)C3=O)n1. The summed E-state index contributed by atoms with van der Waals surface area (Å²) < 4.78 is 3.45. The molecule has 0 spiro atoms. The monoisotopic (exact) mass is 437 g/mol. The van der Waals surface area contributed by atoms with E-state index in [1.54, 1.807) is 38.4 Å². The first kappa shape index (κ1) is 19.2. The van der Waals surface area contributed by atoms with Gasteiger partial charge in [-0.15, -0.1) is 0 Å². The van der Waals surface area contributed by atoms with Gasteiger partial charge in [0.15, 0.2) is 17.2 Å². The maximum absolute atomic E-state index is 13.5. The van der Waals surface area contributed by atoms with Crippen LogP contribution in [-0.4, -0.2) is 46.9 Å². The lowest BCUT2D eigenvalue weighted by Crippen LogP contribution is -2.37. The third-order valence-electron chi connectivity index (χ3n) is 5.82. The van der Waals surface area contributed by atoms with Crippen LogP contribution in [-0.2, 0) is 6.42 Å². The van der Waals surface area contributed by atoms with Gasteiger partial charge in [-0.3, -0.25) is 4.79 Å². The van der Waals surface area contributed by atoms with Crippen molar-refractivity contribution in [2.45, 2.75) is 13.3 Å². The van der Waals surface area contributed by atoms with Gasteiger partial charge in [0.25, 0.3) is 5.91 Å². The molecule has 1 aliphatic heterocycles. The van der Waals surface area contributed by atoms with E-state index in [4.69, 9.17) is 5.10 Å². The number of hydrogen-bond donors (Lipinski definition) is 1. The second-order valence-corrected chi connectivity index (χ2v) is 7.93. The first-order valence-electron chi connectivity index (χ1n) is 10.5. The maximum Gasteiger partial charge on any atom is 0.279 e. The fourth-order valence-electron chi connectivity index (χ4n) is 4.26. The summed E-state index contributed by atoms with van der Waals surface area (Å²) in [6.45, 7) is 2.42. The highest BCUT2D eigenvalue weighted by molar-refractivity contribution is 6.08.